The maximum Gasteiger partial charge on any atom is 0.311 e. The summed E-state index contributed by atoms with van der Waals surface area (Å²) in [6, 6.07) is 7.39. The van der Waals surface area contributed by atoms with Gasteiger partial charge in [0, 0.05) is 22.6 Å². The number of anilines is 1. The quantitative estimate of drug-likeness (QED) is 0.694. The SMILES string of the molecule is Cc1ccc(NC(=O)[C@H](C)OC(=O)Cc2c(C)nc3ncnn3c2C)cc1. The van der Waals surface area contributed by atoms with Crippen LogP contribution in [0.4, 0.5) is 5.69 Å². The largest absolute Gasteiger partial charge is 0.452 e. The normalized spacial score (nSPS) is 12.0. The monoisotopic (exact) mass is 367 g/mol. The minimum atomic E-state index is -0.914. The van der Waals surface area contributed by atoms with Crippen LogP contribution in [0.25, 0.3) is 5.78 Å². The van der Waals surface area contributed by atoms with Crippen LogP contribution in [0, 0.1) is 20.8 Å². The van der Waals surface area contributed by atoms with E-state index in [0.717, 1.165) is 11.3 Å². The number of aromatic nitrogens is 4. The molecule has 8 heteroatoms. The molecular weight excluding hydrogens is 346 g/mol. The lowest BCUT2D eigenvalue weighted by Crippen LogP contribution is -2.30. The van der Waals surface area contributed by atoms with E-state index < -0.39 is 12.1 Å². The second-order valence-corrected chi connectivity index (χ2v) is 6.40. The van der Waals surface area contributed by atoms with Crippen LogP contribution in [-0.2, 0) is 20.7 Å². The summed E-state index contributed by atoms with van der Waals surface area (Å²) in [6.07, 6.45) is 0.499. The summed E-state index contributed by atoms with van der Waals surface area (Å²) in [6.45, 7) is 7.15. The molecule has 0 radical (unpaired) electrons. The molecule has 0 spiro atoms. The highest BCUT2D eigenvalue weighted by molar-refractivity contribution is 5.95. The van der Waals surface area contributed by atoms with Gasteiger partial charge in [0.2, 0.25) is 0 Å². The first-order valence-corrected chi connectivity index (χ1v) is 8.58. The van der Waals surface area contributed by atoms with Gasteiger partial charge < -0.3 is 10.1 Å². The molecule has 0 aliphatic rings. The van der Waals surface area contributed by atoms with Crippen LogP contribution >= 0.6 is 0 Å². The number of esters is 1. The van der Waals surface area contributed by atoms with Gasteiger partial charge in [-0.3, -0.25) is 9.59 Å². The summed E-state index contributed by atoms with van der Waals surface area (Å²) in [4.78, 5) is 32.9. The Bertz CT molecular complexity index is 994. The van der Waals surface area contributed by atoms with Crippen LogP contribution in [0.5, 0.6) is 0 Å². The zero-order valence-electron chi connectivity index (χ0n) is 15.7. The highest BCUT2D eigenvalue weighted by atomic mass is 16.5. The van der Waals surface area contributed by atoms with Gasteiger partial charge in [0.05, 0.1) is 6.42 Å². The van der Waals surface area contributed by atoms with Crippen molar-refractivity contribution in [2.45, 2.75) is 40.2 Å². The lowest BCUT2D eigenvalue weighted by molar-refractivity contribution is -0.152. The molecule has 2 heterocycles. The van der Waals surface area contributed by atoms with Crippen molar-refractivity contribution in [2.24, 2.45) is 0 Å². The van der Waals surface area contributed by atoms with E-state index in [1.54, 1.807) is 30.5 Å². The van der Waals surface area contributed by atoms with E-state index in [1.807, 2.05) is 26.0 Å². The average Bonchev–Trinajstić information content (AvgIpc) is 3.09. The zero-order chi connectivity index (χ0) is 19.6. The van der Waals surface area contributed by atoms with Crippen molar-refractivity contribution in [1.82, 2.24) is 19.6 Å². The summed E-state index contributed by atoms with van der Waals surface area (Å²) < 4.78 is 6.86. The van der Waals surface area contributed by atoms with Crippen LogP contribution in [0.2, 0.25) is 0 Å². The number of nitrogens with zero attached hydrogens (tertiary/aromatic N) is 4. The molecule has 0 unspecified atom stereocenters. The van der Waals surface area contributed by atoms with E-state index in [-0.39, 0.29) is 12.3 Å². The third kappa shape index (κ3) is 4.11. The predicted octanol–water partition coefficient (Wildman–Crippen LogP) is 2.16. The number of carbonyl (C=O) groups is 2. The number of carbonyl (C=O) groups excluding carboxylic acids is 2. The van der Waals surface area contributed by atoms with Gasteiger partial charge in [0.25, 0.3) is 11.7 Å². The molecule has 1 amide bonds. The first-order valence-electron chi connectivity index (χ1n) is 8.58. The van der Waals surface area contributed by atoms with Crippen molar-refractivity contribution in [1.29, 1.82) is 0 Å². The Morgan fingerprint density at radius 2 is 1.89 bits per heavy atom. The second-order valence-electron chi connectivity index (χ2n) is 6.40. The molecule has 3 rings (SSSR count). The number of rotatable bonds is 5. The van der Waals surface area contributed by atoms with Gasteiger partial charge in [-0.2, -0.15) is 10.1 Å². The summed E-state index contributed by atoms with van der Waals surface area (Å²) in [5.41, 5.74) is 3.91. The third-order valence-corrected chi connectivity index (χ3v) is 4.31. The van der Waals surface area contributed by atoms with E-state index >= 15 is 0 Å². The van der Waals surface area contributed by atoms with Gasteiger partial charge in [-0.05, 0) is 39.8 Å². The second kappa shape index (κ2) is 7.53. The van der Waals surface area contributed by atoms with Gasteiger partial charge in [-0.25, -0.2) is 9.50 Å². The first kappa shape index (κ1) is 18.5. The van der Waals surface area contributed by atoms with E-state index in [2.05, 4.69) is 20.4 Å². The maximum atomic E-state index is 12.3. The topological polar surface area (TPSA) is 98.5 Å². The van der Waals surface area contributed by atoms with Crippen LogP contribution in [0.15, 0.2) is 30.6 Å². The molecule has 27 heavy (non-hydrogen) atoms. The van der Waals surface area contributed by atoms with Gasteiger partial charge in [-0.1, -0.05) is 17.7 Å². The van der Waals surface area contributed by atoms with E-state index in [9.17, 15) is 9.59 Å². The molecule has 0 aliphatic heterocycles. The van der Waals surface area contributed by atoms with Gasteiger partial charge >= 0.3 is 5.97 Å². The molecule has 0 bridgehead atoms. The lowest BCUT2D eigenvalue weighted by Gasteiger charge is -2.15. The molecule has 1 N–H and O–H groups in total. The number of amides is 1. The Balaban J connectivity index is 1.65. The number of benzene rings is 1. The van der Waals surface area contributed by atoms with Crippen LogP contribution in [0.3, 0.4) is 0 Å². The van der Waals surface area contributed by atoms with Gasteiger partial charge in [-0.15, -0.1) is 0 Å². The zero-order valence-corrected chi connectivity index (χ0v) is 15.7. The number of hydrogen-bond acceptors (Lipinski definition) is 6. The number of fused-ring (bicyclic) bond motifs is 1. The standard InChI is InChI=1S/C19H21N5O3/c1-11-5-7-15(8-6-11)23-18(26)14(4)27-17(25)9-16-12(2)22-19-20-10-21-24(19)13(16)3/h5-8,10,14H,9H2,1-4H3,(H,23,26)/t14-/m0/s1. The van der Waals surface area contributed by atoms with Crippen molar-refractivity contribution in [3.05, 3.63) is 53.1 Å². The summed E-state index contributed by atoms with van der Waals surface area (Å²) >= 11 is 0. The van der Waals surface area contributed by atoms with E-state index in [4.69, 9.17) is 4.74 Å². The molecule has 0 aliphatic carbocycles. The van der Waals surface area contributed by atoms with Gasteiger partial charge in [0.15, 0.2) is 6.10 Å². The predicted molar refractivity (Wildman–Crippen MR) is 99.3 cm³/mol. The molecule has 0 saturated carbocycles. The van der Waals surface area contributed by atoms with E-state index in [1.165, 1.54) is 6.33 Å². The molecule has 3 aromatic rings. The lowest BCUT2D eigenvalue weighted by atomic mass is 10.1. The van der Waals surface area contributed by atoms with Crippen molar-refractivity contribution < 1.29 is 14.3 Å². The molecule has 8 nitrogen and oxygen atoms in total. The minimum Gasteiger partial charge on any atom is -0.452 e. The molecule has 0 saturated heterocycles. The number of aryl methyl sites for hydroxylation is 3. The van der Waals surface area contributed by atoms with Crippen LogP contribution < -0.4 is 5.32 Å². The van der Waals surface area contributed by atoms with E-state index in [0.29, 0.717) is 22.7 Å². The van der Waals surface area contributed by atoms with Crippen molar-refractivity contribution >= 4 is 23.3 Å². The molecule has 1 atom stereocenters. The number of ether oxygens (including phenoxy) is 1. The summed E-state index contributed by atoms with van der Waals surface area (Å²) in [5, 5.41) is 6.83. The fourth-order valence-electron chi connectivity index (χ4n) is 2.73. The van der Waals surface area contributed by atoms with Gasteiger partial charge in [0.1, 0.15) is 6.33 Å². The Morgan fingerprint density at radius 3 is 2.59 bits per heavy atom. The minimum absolute atomic E-state index is 0.00260. The van der Waals surface area contributed by atoms with Crippen molar-refractivity contribution in [3.8, 4) is 0 Å². The molecule has 0 fully saturated rings. The highest BCUT2D eigenvalue weighted by Gasteiger charge is 2.20. The fourth-order valence-corrected chi connectivity index (χ4v) is 2.73. The fraction of sp³-hybridized carbons (Fsp3) is 0.316. The van der Waals surface area contributed by atoms with Crippen LogP contribution in [0.1, 0.15) is 29.4 Å². The number of nitrogens with one attached hydrogen (secondary N) is 1. The Morgan fingerprint density at radius 1 is 1.19 bits per heavy atom. The Kier molecular flexibility index (Phi) is 5.16. The smallest absolute Gasteiger partial charge is 0.311 e. The summed E-state index contributed by atoms with van der Waals surface area (Å²) in [5.74, 6) is -0.410. The molecule has 2 aromatic heterocycles. The third-order valence-electron chi connectivity index (χ3n) is 4.31. The molecular formula is C19H21N5O3. The number of hydrogen-bond donors (Lipinski definition) is 1. The average molecular weight is 367 g/mol. The van der Waals surface area contributed by atoms with Crippen molar-refractivity contribution in [2.75, 3.05) is 5.32 Å². The molecule has 1 aromatic carbocycles. The van der Waals surface area contributed by atoms with Crippen molar-refractivity contribution in [3.63, 3.8) is 0 Å². The molecule has 140 valence electrons. The summed E-state index contributed by atoms with van der Waals surface area (Å²) in [7, 11) is 0. The highest BCUT2D eigenvalue weighted by Crippen LogP contribution is 2.15. The van der Waals surface area contributed by atoms with Crippen LogP contribution in [-0.4, -0.2) is 37.6 Å². The maximum absolute atomic E-state index is 12.3. The Labute approximate surface area is 156 Å². The Hall–Kier alpha value is -3.29. The first-order chi connectivity index (χ1) is 12.8.